The van der Waals surface area contributed by atoms with Crippen LogP contribution in [0, 0.1) is 0 Å². The summed E-state index contributed by atoms with van der Waals surface area (Å²) in [5.74, 6) is -0.114. The maximum atomic E-state index is 11.2. The van der Waals surface area contributed by atoms with E-state index in [1.54, 1.807) is 0 Å². The third kappa shape index (κ3) is 1.79. The molecule has 1 aromatic rings. The highest BCUT2D eigenvalue weighted by atomic mass is 16.1. The number of carbonyl (C=O) groups excluding carboxylic acids is 1. The molecule has 80 valence electrons. The maximum Gasteiger partial charge on any atom is 0.243 e. The molecule has 0 saturated heterocycles. The third-order valence-electron chi connectivity index (χ3n) is 2.88. The first-order valence-corrected chi connectivity index (χ1v) is 5.16. The van der Waals surface area contributed by atoms with Crippen LogP contribution in [0.3, 0.4) is 0 Å². The molecule has 1 N–H and O–H groups in total. The summed E-state index contributed by atoms with van der Waals surface area (Å²) in [6.45, 7) is 3.45. The summed E-state index contributed by atoms with van der Waals surface area (Å²) in [6.07, 6.45) is 6.28. The number of fused-ring (bicyclic) bond motifs is 1. The number of nitrogens with zero attached hydrogens (tertiary/aromatic N) is 2. The van der Waals surface area contributed by atoms with Crippen molar-refractivity contribution in [3.05, 3.63) is 30.1 Å². The van der Waals surface area contributed by atoms with Crippen molar-refractivity contribution in [1.29, 1.82) is 0 Å². The van der Waals surface area contributed by atoms with Gasteiger partial charge in [0, 0.05) is 18.3 Å². The molecule has 0 aliphatic heterocycles. The quantitative estimate of drug-likeness (QED) is 0.735. The lowest BCUT2D eigenvalue weighted by Crippen LogP contribution is -2.29. The van der Waals surface area contributed by atoms with Gasteiger partial charge in [-0.3, -0.25) is 9.48 Å². The summed E-state index contributed by atoms with van der Waals surface area (Å²) >= 11 is 0. The highest BCUT2D eigenvalue weighted by molar-refractivity contribution is 5.87. The Morgan fingerprint density at radius 2 is 2.60 bits per heavy atom. The van der Waals surface area contributed by atoms with Crippen molar-refractivity contribution in [2.24, 2.45) is 7.05 Å². The van der Waals surface area contributed by atoms with Crippen molar-refractivity contribution in [3.63, 3.8) is 0 Å². The largest absolute Gasteiger partial charge is 0.346 e. The summed E-state index contributed by atoms with van der Waals surface area (Å²) in [5, 5.41) is 7.15. The van der Waals surface area contributed by atoms with Gasteiger partial charge < -0.3 is 5.32 Å². The average Bonchev–Trinajstić information content (AvgIpc) is 2.62. The van der Waals surface area contributed by atoms with Crippen molar-refractivity contribution < 1.29 is 4.79 Å². The summed E-state index contributed by atoms with van der Waals surface area (Å²) in [5.41, 5.74) is 2.38. The van der Waals surface area contributed by atoms with E-state index in [9.17, 15) is 4.79 Å². The van der Waals surface area contributed by atoms with E-state index in [4.69, 9.17) is 0 Å². The first-order valence-electron chi connectivity index (χ1n) is 5.16. The number of nitrogens with one attached hydrogen (secondary N) is 1. The lowest BCUT2D eigenvalue weighted by molar-refractivity contribution is -0.117. The number of rotatable bonds is 2. The summed E-state index contributed by atoms with van der Waals surface area (Å²) < 4.78 is 1.89. The Morgan fingerprint density at radius 3 is 3.33 bits per heavy atom. The number of aromatic nitrogens is 2. The number of hydrogen-bond acceptors (Lipinski definition) is 2. The van der Waals surface area contributed by atoms with Gasteiger partial charge in [-0.1, -0.05) is 6.58 Å². The second-order valence-electron chi connectivity index (χ2n) is 3.83. The van der Waals surface area contributed by atoms with Crippen LogP contribution >= 0.6 is 0 Å². The molecule has 1 aromatic heterocycles. The molecular weight excluding hydrogens is 190 g/mol. The van der Waals surface area contributed by atoms with Crippen LogP contribution < -0.4 is 5.32 Å². The smallest absolute Gasteiger partial charge is 0.243 e. The van der Waals surface area contributed by atoms with Gasteiger partial charge in [-0.15, -0.1) is 0 Å². The minimum absolute atomic E-state index is 0.105. The zero-order valence-corrected chi connectivity index (χ0v) is 8.86. The Hall–Kier alpha value is -1.58. The van der Waals surface area contributed by atoms with E-state index >= 15 is 0 Å². The topological polar surface area (TPSA) is 46.9 Å². The molecule has 1 unspecified atom stereocenters. The Bertz CT molecular complexity index is 395. The number of hydrogen-bond donors (Lipinski definition) is 1. The monoisotopic (exact) mass is 205 g/mol. The fourth-order valence-electron chi connectivity index (χ4n) is 2.09. The van der Waals surface area contributed by atoms with Crippen LogP contribution in [0.5, 0.6) is 0 Å². The molecule has 1 amide bonds. The number of carbonyl (C=O) groups is 1. The minimum atomic E-state index is -0.114. The van der Waals surface area contributed by atoms with Crippen molar-refractivity contribution in [1.82, 2.24) is 15.1 Å². The average molecular weight is 205 g/mol. The minimum Gasteiger partial charge on any atom is -0.346 e. The summed E-state index contributed by atoms with van der Waals surface area (Å²) in [4.78, 5) is 11.2. The van der Waals surface area contributed by atoms with Crippen LogP contribution in [0.25, 0.3) is 0 Å². The van der Waals surface area contributed by atoms with Crippen molar-refractivity contribution >= 4 is 5.91 Å². The highest BCUT2D eigenvalue weighted by Crippen LogP contribution is 2.28. The molecule has 0 spiro atoms. The van der Waals surface area contributed by atoms with Crippen LogP contribution in [0.4, 0.5) is 0 Å². The van der Waals surface area contributed by atoms with Crippen LogP contribution in [0.2, 0.25) is 0 Å². The van der Waals surface area contributed by atoms with Gasteiger partial charge in [0.15, 0.2) is 0 Å². The molecule has 4 nitrogen and oxygen atoms in total. The van der Waals surface area contributed by atoms with E-state index in [2.05, 4.69) is 17.0 Å². The fraction of sp³-hybridized carbons (Fsp3) is 0.455. The molecule has 0 aromatic carbocycles. The molecule has 1 aliphatic carbocycles. The van der Waals surface area contributed by atoms with Crippen molar-refractivity contribution in [2.75, 3.05) is 0 Å². The van der Waals surface area contributed by atoms with Gasteiger partial charge in [0.05, 0.1) is 12.2 Å². The summed E-state index contributed by atoms with van der Waals surface area (Å²) in [7, 11) is 1.94. The lowest BCUT2D eigenvalue weighted by Gasteiger charge is -2.23. The maximum absolute atomic E-state index is 11.2. The molecule has 2 rings (SSSR count). The van der Waals surface area contributed by atoms with E-state index in [-0.39, 0.29) is 11.9 Å². The Balaban J connectivity index is 2.22. The standard InChI is InChI=1S/C11H15N3O/c1-3-11(15)13-9-5-4-6-10-8(9)7-12-14(10)2/h3,7,9H,1,4-6H2,2H3,(H,13,15). The molecule has 1 heterocycles. The highest BCUT2D eigenvalue weighted by Gasteiger charge is 2.23. The van der Waals surface area contributed by atoms with Crippen LogP contribution in [0.15, 0.2) is 18.9 Å². The Morgan fingerprint density at radius 1 is 1.80 bits per heavy atom. The molecular formula is C11H15N3O. The Kier molecular flexibility index (Phi) is 2.58. The molecule has 1 aliphatic rings. The predicted molar refractivity (Wildman–Crippen MR) is 57.2 cm³/mol. The van der Waals surface area contributed by atoms with E-state index in [1.807, 2.05) is 17.9 Å². The van der Waals surface area contributed by atoms with Crippen molar-refractivity contribution in [3.8, 4) is 0 Å². The zero-order valence-electron chi connectivity index (χ0n) is 8.86. The van der Waals surface area contributed by atoms with E-state index in [0.29, 0.717) is 0 Å². The first kappa shape index (κ1) is 9.96. The number of aryl methyl sites for hydroxylation is 1. The van der Waals surface area contributed by atoms with Gasteiger partial charge in [-0.2, -0.15) is 5.10 Å². The normalized spacial score (nSPS) is 19.4. The van der Waals surface area contributed by atoms with Crippen LogP contribution in [0.1, 0.15) is 30.1 Å². The van der Waals surface area contributed by atoms with Gasteiger partial charge in [0.2, 0.25) is 5.91 Å². The van der Waals surface area contributed by atoms with Gasteiger partial charge in [0.25, 0.3) is 0 Å². The Labute approximate surface area is 89.0 Å². The molecule has 0 fully saturated rings. The van der Waals surface area contributed by atoms with E-state index < -0.39 is 0 Å². The molecule has 15 heavy (non-hydrogen) atoms. The zero-order chi connectivity index (χ0) is 10.8. The molecule has 1 atom stereocenters. The summed E-state index contributed by atoms with van der Waals surface area (Å²) in [6, 6.07) is 0.105. The number of amides is 1. The van der Waals surface area contributed by atoms with Gasteiger partial charge in [-0.25, -0.2) is 0 Å². The lowest BCUT2D eigenvalue weighted by atomic mass is 9.93. The molecule has 0 radical (unpaired) electrons. The third-order valence-corrected chi connectivity index (χ3v) is 2.88. The van der Waals surface area contributed by atoms with Gasteiger partial charge >= 0.3 is 0 Å². The molecule has 4 heteroatoms. The van der Waals surface area contributed by atoms with Crippen molar-refractivity contribution in [2.45, 2.75) is 25.3 Å². The predicted octanol–water partition coefficient (Wildman–Crippen LogP) is 1.10. The van der Waals surface area contributed by atoms with Gasteiger partial charge in [0.1, 0.15) is 0 Å². The fourth-order valence-corrected chi connectivity index (χ4v) is 2.09. The van der Waals surface area contributed by atoms with E-state index in [0.717, 1.165) is 24.8 Å². The van der Waals surface area contributed by atoms with Gasteiger partial charge in [-0.05, 0) is 25.3 Å². The first-order chi connectivity index (χ1) is 7.22. The van der Waals surface area contributed by atoms with Crippen LogP contribution in [-0.2, 0) is 18.3 Å². The van der Waals surface area contributed by atoms with E-state index in [1.165, 1.54) is 11.8 Å². The second kappa shape index (κ2) is 3.88. The second-order valence-corrected chi connectivity index (χ2v) is 3.83. The molecule has 0 bridgehead atoms. The van der Waals surface area contributed by atoms with Crippen LogP contribution in [-0.4, -0.2) is 15.7 Å². The molecule has 0 saturated carbocycles. The SMILES string of the molecule is C=CC(=O)NC1CCCc2c1cnn2C.